The van der Waals surface area contributed by atoms with Gasteiger partial charge in [0.15, 0.2) is 5.17 Å². The summed E-state index contributed by atoms with van der Waals surface area (Å²) in [6.45, 7) is 6.47. The first-order valence-corrected chi connectivity index (χ1v) is 14.6. The van der Waals surface area contributed by atoms with Crippen LogP contribution in [0.25, 0.3) is 0 Å². The summed E-state index contributed by atoms with van der Waals surface area (Å²) >= 11 is 2.94. The van der Waals surface area contributed by atoms with Gasteiger partial charge in [-0.25, -0.2) is 15.0 Å². The van der Waals surface area contributed by atoms with Gasteiger partial charge in [-0.1, -0.05) is 35.9 Å². The molecule has 2 aliphatic rings. The van der Waals surface area contributed by atoms with Crippen LogP contribution in [0.5, 0.6) is 5.75 Å². The highest BCUT2D eigenvalue weighted by molar-refractivity contribution is 8.13. The largest absolute Gasteiger partial charge is 0.479 e. The van der Waals surface area contributed by atoms with E-state index in [0.29, 0.717) is 28.9 Å². The molecule has 3 aromatic rings. The molecule has 0 unspecified atom stereocenters. The van der Waals surface area contributed by atoms with Crippen LogP contribution in [-0.4, -0.2) is 51.5 Å². The van der Waals surface area contributed by atoms with E-state index in [1.807, 2.05) is 18.2 Å². The molecule has 0 saturated carbocycles. The normalized spacial score (nSPS) is 21.2. The second-order valence-electron chi connectivity index (χ2n) is 10.0. The van der Waals surface area contributed by atoms with Crippen LogP contribution in [0.1, 0.15) is 53.0 Å². The van der Waals surface area contributed by atoms with Crippen LogP contribution in [0.3, 0.4) is 0 Å². The maximum absolute atomic E-state index is 12.9. The molecule has 11 heteroatoms. The molecule has 2 aliphatic heterocycles. The maximum atomic E-state index is 12.9. The van der Waals surface area contributed by atoms with Gasteiger partial charge < -0.3 is 20.1 Å². The van der Waals surface area contributed by atoms with Crippen molar-refractivity contribution in [1.82, 2.24) is 15.3 Å². The Kier molecular flexibility index (Phi) is 8.21. The molecule has 4 heterocycles. The summed E-state index contributed by atoms with van der Waals surface area (Å²) in [5.41, 5.74) is -0.272. The Hall–Kier alpha value is -3.72. The van der Waals surface area contributed by atoms with Crippen molar-refractivity contribution < 1.29 is 19.1 Å². The topological polar surface area (TPSA) is 115 Å². The molecule has 1 aromatic carbocycles. The number of anilines is 1. The van der Waals surface area contributed by atoms with Crippen LogP contribution in [0, 0.1) is 17.8 Å². The summed E-state index contributed by atoms with van der Waals surface area (Å²) < 4.78 is 11.7. The summed E-state index contributed by atoms with van der Waals surface area (Å²) in [6.07, 6.45) is 2.27. The van der Waals surface area contributed by atoms with E-state index in [-0.39, 0.29) is 35.6 Å². The molecule has 1 fully saturated rings. The van der Waals surface area contributed by atoms with Crippen molar-refractivity contribution >= 4 is 45.9 Å². The number of thioether (sulfide) groups is 1. The fraction of sp³-hybridized carbons (Fsp3) is 0.345. The average molecular weight is 576 g/mol. The number of benzene rings is 1. The monoisotopic (exact) mass is 575 g/mol. The lowest BCUT2D eigenvalue weighted by atomic mass is 9.77. The molecule has 206 valence electrons. The van der Waals surface area contributed by atoms with Crippen molar-refractivity contribution in [2.45, 2.75) is 38.3 Å². The van der Waals surface area contributed by atoms with Crippen LogP contribution < -0.4 is 15.4 Å². The first-order chi connectivity index (χ1) is 19.3. The van der Waals surface area contributed by atoms with E-state index in [4.69, 9.17) is 19.5 Å². The molecule has 5 rings (SSSR count). The number of ether oxygens (including phenoxy) is 2. The highest BCUT2D eigenvalue weighted by atomic mass is 32.2. The molecule has 2 aromatic heterocycles. The lowest BCUT2D eigenvalue weighted by Gasteiger charge is -2.48. The van der Waals surface area contributed by atoms with Crippen molar-refractivity contribution in [1.29, 1.82) is 0 Å². The van der Waals surface area contributed by atoms with Gasteiger partial charge in [-0.15, -0.1) is 17.3 Å². The van der Waals surface area contributed by atoms with Crippen LogP contribution in [0.2, 0.25) is 0 Å². The maximum Gasteiger partial charge on any atom is 0.275 e. The predicted molar refractivity (Wildman–Crippen MR) is 157 cm³/mol. The highest BCUT2D eigenvalue weighted by Crippen LogP contribution is 2.49. The Morgan fingerprint density at radius 3 is 2.73 bits per heavy atom. The van der Waals surface area contributed by atoms with Crippen LogP contribution >= 0.6 is 23.1 Å². The quantitative estimate of drug-likeness (QED) is 0.408. The Morgan fingerprint density at radius 2 is 1.98 bits per heavy atom. The lowest BCUT2D eigenvalue weighted by Crippen LogP contribution is -2.53. The third-order valence-corrected chi connectivity index (χ3v) is 8.69. The molecular weight excluding hydrogens is 546 g/mol. The molecule has 0 bridgehead atoms. The van der Waals surface area contributed by atoms with E-state index in [2.05, 4.69) is 41.3 Å². The Balaban J connectivity index is 1.35. The van der Waals surface area contributed by atoms with Gasteiger partial charge in [-0.3, -0.25) is 9.59 Å². The van der Waals surface area contributed by atoms with Crippen molar-refractivity contribution in [3.05, 3.63) is 70.3 Å². The summed E-state index contributed by atoms with van der Waals surface area (Å²) in [5.74, 6) is 6.80. The van der Waals surface area contributed by atoms with Crippen molar-refractivity contribution in [2.24, 2.45) is 10.9 Å². The fourth-order valence-electron chi connectivity index (χ4n) is 4.57. The first-order valence-electron chi connectivity index (χ1n) is 12.8. The van der Waals surface area contributed by atoms with E-state index in [0.717, 1.165) is 17.2 Å². The second-order valence-corrected chi connectivity index (χ2v) is 11.9. The minimum absolute atomic E-state index is 0.139. The number of pyridine rings is 1. The van der Waals surface area contributed by atoms with Crippen LogP contribution in [0.15, 0.2) is 59.0 Å². The Morgan fingerprint density at radius 1 is 1.15 bits per heavy atom. The number of hydrogen-bond donors (Lipinski definition) is 2. The standard InChI is InChI=1S/C29H29N5O4S2/c1-4-5-13-37-21-11-12-22(30-15-21)25(36)31-23-17-39-26(32-23)29-18-38-28(2,3)14-20(29)16-40-27(34-29)33-24(35)19-9-7-6-8-10-19/h6-12,15,17,20H,13-14,16,18H2,1-3H3,(H,31,36)(H,33,34,35)/t20-,29-/m0/s1. The number of aliphatic imine (C=N–C) groups is 1. The number of nitrogens with one attached hydrogen (secondary N) is 2. The zero-order valence-electron chi connectivity index (χ0n) is 22.4. The number of aromatic nitrogens is 2. The van der Waals surface area contributed by atoms with Crippen molar-refractivity contribution in [3.8, 4) is 17.6 Å². The first kappa shape index (κ1) is 27.8. The minimum Gasteiger partial charge on any atom is -0.479 e. The van der Waals surface area contributed by atoms with Gasteiger partial charge in [0.05, 0.1) is 18.4 Å². The smallest absolute Gasteiger partial charge is 0.275 e. The molecular formula is C29H29N5O4S2. The van der Waals surface area contributed by atoms with E-state index in [1.54, 1.807) is 36.6 Å². The van der Waals surface area contributed by atoms with Crippen molar-refractivity contribution in [3.63, 3.8) is 0 Å². The zero-order valence-corrected chi connectivity index (χ0v) is 24.0. The number of amides is 2. The van der Waals surface area contributed by atoms with E-state index < -0.39 is 5.54 Å². The predicted octanol–water partition coefficient (Wildman–Crippen LogP) is 4.74. The number of rotatable bonds is 6. The van der Waals surface area contributed by atoms with Gasteiger partial charge in [-0.2, -0.15) is 0 Å². The number of carbonyl (C=O) groups excluding carboxylic acids is 2. The van der Waals surface area contributed by atoms with Crippen LogP contribution in [-0.2, 0) is 10.3 Å². The molecule has 2 N–H and O–H groups in total. The number of hydrogen-bond acceptors (Lipinski definition) is 9. The summed E-state index contributed by atoms with van der Waals surface area (Å²) in [4.78, 5) is 39.7. The Labute approximate surface area is 241 Å². The molecule has 0 radical (unpaired) electrons. The molecule has 9 nitrogen and oxygen atoms in total. The third-order valence-electron chi connectivity index (χ3n) is 6.65. The number of carbonyl (C=O) groups is 2. The summed E-state index contributed by atoms with van der Waals surface area (Å²) in [6, 6.07) is 12.3. The minimum atomic E-state index is -0.771. The average Bonchev–Trinajstić information content (AvgIpc) is 3.43. The molecule has 0 aliphatic carbocycles. The lowest BCUT2D eigenvalue weighted by molar-refractivity contribution is -0.109. The Bertz CT molecular complexity index is 1480. The van der Waals surface area contributed by atoms with Gasteiger partial charge >= 0.3 is 0 Å². The highest BCUT2D eigenvalue weighted by Gasteiger charge is 2.52. The summed E-state index contributed by atoms with van der Waals surface area (Å²) in [5, 5.41) is 8.85. The molecule has 2 atom stereocenters. The third kappa shape index (κ3) is 6.20. The summed E-state index contributed by atoms with van der Waals surface area (Å²) in [7, 11) is 0. The number of thiazole rings is 1. The fourth-order valence-corrected chi connectivity index (χ4v) is 6.67. The van der Waals surface area contributed by atoms with Gasteiger partial charge in [0.1, 0.15) is 34.4 Å². The van der Waals surface area contributed by atoms with Gasteiger partial charge in [0.2, 0.25) is 0 Å². The number of nitrogens with zero attached hydrogens (tertiary/aromatic N) is 3. The zero-order chi connectivity index (χ0) is 28.2. The van der Waals surface area contributed by atoms with Crippen molar-refractivity contribution in [2.75, 3.05) is 24.3 Å². The van der Waals surface area contributed by atoms with E-state index in [9.17, 15) is 9.59 Å². The number of fused-ring (bicyclic) bond motifs is 1. The molecule has 2 amide bonds. The van der Waals surface area contributed by atoms with Crippen LogP contribution in [0.4, 0.5) is 5.82 Å². The van der Waals surface area contributed by atoms with Gasteiger partial charge in [0.25, 0.3) is 11.8 Å². The van der Waals surface area contributed by atoms with E-state index in [1.165, 1.54) is 29.3 Å². The molecule has 40 heavy (non-hydrogen) atoms. The van der Waals surface area contributed by atoms with Gasteiger partial charge in [-0.05, 0) is 51.5 Å². The molecule has 0 spiro atoms. The SMILES string of the molecule is CC#CCOc1ccc(C(=O)Nc2csc([C@]34COC(C)(C)C[C@H]3CSC(NC(=O)c3ccccc3)=N4)n2)nc1. The van der Waals surface area contributed by atoms with E-state index >= 15 is 0 Å². The number of amidine groups is 1. The molecule has 1 saturated heterocycles. The second kappa shape index (κ2) is 11.8. The van der Waals surface area contributed by atoms with Gasteiger partial charge in [0, 0.05) is 22.6 Å².